The molecule has 2 aromatic carbocycles. The largest absolute Gasteiger partial charge is 0.457 e. The predicted octanol–water partition coefficient (Wildman–Crippen LogP) is 5.59. The fourth-order valence-electron chi connectivity index (χ4n) is 2.62. The Morgan fingerprint density at radius 3 is 2.74 bits per heavy atom. The average Bonchev–Trinajstić information content (AvgIpc) is 3.10. The number of rotatable bonds is 3. The van der Waals surface area contributed by atoms with Crippen LogP contribution in [0.25, 0.3) is 17.4 Å². The van der Waals surface area contributed by atoms with Crippen molar-refractivity contribution in [1.82, 2.24) is 0 Å². The topological polar surface area (TPSA) is 85.4 Å². The molecule has 27 heavy (non-hydrogen) atoms. The minimum atomic E-state index is -0.510. The van der Waals surface area contributed by atoms with Crippen LogP contribution < -0.4 is 5.32 Å². The van der Waals surface area contributed by atoms with E-state index in [4.69, 9.17) is 16.0 Å². The highest BCUT2D eigenvalue weighted by Gasteiger charge is 2.21. The van der Waals surface area contributed by atoms with E-state index in [-0.39, 0.29) is 16.6 Å². The first-order valence-corrected chi connectivity index (χ1v) is 9.05. The average molecular weight is 399 g/mol. The van der Waals surface area contributed by atoms with Crippen molar-refractivity contribution >= 4 is 46.7 Å². The molecule has 1 amide bonds. The fraction of sp³-hybridized carbons (Fsp3) is 0. The fourth-order valence-corrected chi connectivity index (χ4v) is 3.82. The van der Waals surface area contributed by atoms with Crippen LogP contribution in [-0.2, 0) is 4.79 Å². The van der Waals surface area contributed by atoms with Crippen LogP contribution in [0.4, 0.5) is 11.4 Å². The lowest BCUT2D eigenvalue weighted by atomic mass is 10.1. The van der Waals surface area contributed by atoms with Crippen LogP contribution in [0.15, 0.2) is 68.8 Å². The molecule has 0 fully saturated rings. The molecular weight excluding hydrogens is 388 g/mol. The number of carbonyl (C=O) groups excluding carboxylic acids is 1. The SMILES string of the molecule is O=C1Nc2ccccc2S/C1=C\c1ccc(-c2ccc([N+](=O)[O-])cc2Cl)o1. The zero-order valence-electron chi connectivity index (χ0n) is 13.6. The second-order valence-electron chi connectivity index (χ2n) is 5.68. The van der Waals surface area contributed by atoms with Gasteiger partial charge in [-0.15, -0.1) is 0 Å². The van der Waals surface area contributed by atoms with Crippen molar-refractivity contribution in [2.45, 2.75) is 4.90 Å². The smallest absolute Gasteiger partial charge is 0.270 e. The molecule has 1 aromatic heterocycles. The number of carbonyl (C=O) groups is 1. The number of nitrogens with one attached hydrogen (secondary N) is 1. The molecule has 0 saturated carbocycles. The molecule has 0 saturated heterocycles. The Hall–Kier alpha value is -3.03. The van der Waals surface area contributed by atoms with Crippen molar-refractivity contribution in [2.75, 3.05) is 5.32 Å². The summed E-state index contributed by atoms with van der Waals surface area (Å²) in [4.78, 5) is 24.0. The van der Waals surface area contributed by atoms with Crippen molar-refractivity contribution in [3.63, 3.8) is 0 Å². The van der Waals surface area contributed by atoms with E-state index >= 15 is 0 Å². The third-order valence-corrected chi connectivity index (χ3v) is 5.32. The van der Waals surface area contributed by atoms with Gasteiger partial charge < -0.3 is 9.73 Å². The maximum absolute atomic E-state index is 12.3. The number of hydrogen-bond acceptors (Lipinski definition) is 5. The molecule has 0 radical (unpaired) electrons. The minimum Gasteiger partial charge on any atom is -0.457 e. The Morgan fingerprint density at radius 1 is 1.15 bits per heavy atom. The zero-order chi connectivity index (χ0) is 19.0. The molecule has 8 heteroatoms. The molecule has 4 rings (SSSR count). The van der Waals surface area contributed by atoms with Gasteiger partial charge in [-0.05, 0) is 30.3 Å². The quantitative estimate of drug-likeness (QED) is 0.353. The summed E-state index contributed by atoms with van der Waals surface area (Å²) in [6.45, 7) is 0. The van der Waals surface area contributed by atoms with Gasteiger partial charge in [0.05, 0.1) is 20.5 Å². The molecule has 0 bridgehead atoms. The van der Waals surface area contributed by atoms with E-state index in [1.165, 1.54) is 30.0 Å². The zero-order valence-corrected chi connectivity index (χ0v) is 15.2. The van der Waals surface area contributed by atoms with Gasteiger partial charge in [-0.3, -0.25) is 14.9 Å². The molecule has 6 nitrogen and oxygen atoms in total. The maximum Gasteiger partial charge on any atom is 0.270 e. The standard InChI is InChI=1S/C19H11ClN2O4S/c20-14-9-11(22(24)25)5-7-13(14)16-8-6-12(26-16)10-18-19(23)21-15-3-1-2-4-17(15)27-18/h1-10H,(H,21,23)/b18-10-. The van der Waals surface area contributed by atoms with Gasteiger partial charge >= 0.3 is 0 Å². The van der Waals surface area contributed by atoms with Crippen LogP contribution in [0.3, 0.4) is 0 Å². The van der Waals surface area contributed by atoms with Crippen molar-refractivity contribution in [3.8, 4) is 11.3 Å². The molecule has 1 aliphatic rings. The van der Waals surface area contributed by atoms with Crippen molar-refractivity contribution in [3.05, 3.63) is 80.4 Å². The number of nitro benzene ring substituents is 1. The number of para-hydroxylation sites is 1. The number of anilines is 1. The van der Waals surface area contributed by atoms with Crippen LogP contribution in [0.5, 0.6) is 0 Å². The Morgan fingerprint density at radius 2 is 1.96 bits per heavy atom. The van der Waals surface area contributed by atoms with Gasteiger partial charge in [-0.2, -0.15) is 0 Å². The molecule has 0 spiro atoms. The summed E-state index contributed by atoms with van der Waals surface area (Å²) >= 11 is 7.50. The van der Waals surface area contributed by atoms with E-state index in [0.29, 0.717) is 22.0 Å². The Labute approximate surface area is 163 Å². The van der Waals surface area contributed by atoms with Gasteiger partial charge in [0.15, 0.2) is 0 Å². The van der Waals surface area contributed by atoms with E-state index in [0.717, 1.165) is 10.6 Å². The molecule has 3 aromatic rings. The monoisotopic (exact) mass is 398 g/mol. The van der Waals surface area contributed by atoms with Crippen molar-refractivity contribution < 1.29 is 14.1 Å². The Kier molecular flexibility index (Phi) is 4.47. The number of non-ortho nitro benzene ring substituents is 1. The number of thioether (sulfide) groups is 1. The summed E-state index contributed by atoms with van der Waals surface area (Å²) in [5.74, 6) is 0.741. The third kappa shape index (κ3) is 3.47. The molecular formula is C19H11ClN2O4S. The normalized spacial score (nSPS) is 14.7. The summed E-state index contributed by atoms with van der Waals surface area (Å²) in [7, 11) is 0. The van der Waals surface area contributed by atoms with E-state index in [1.807, 2.05) is 24.3 Å². The lowest BCUT2D eigenvalue weighted by Crippen LogP contribution is -2.16. The number of halogens is 1. The van der Waals surface area contributed by atoms with Crippen LogP contribution in [0, 0.1) is 10.1 Å². The van der Waals surface area contributed by atoms with Crippen LogP contribution >= 0.6 is 23.4 Å². The highest BCUT2D eigenvalue weighted by atomic mass is 35.5. The van der Waals surface area contributed by atoms with E-state index in [2.05, 4.69) is 5.32 Å². The predicted molar refractivity (Wildman–Crippen MR) is 105 cm³/mol. The van der Waals surface area contributed by atoms with Gasteiger partial charge in [-0.25, -0.2) is 0 Å². The Balaban J connectivity index is 1.63. The summed E-state index contributed by atoms with van der Waals surface area (Å²) in [5.41, 5.74) is 1.23. The van der Waals surface area contributed by atoms with Crippen LogP contribution in [0.2, 0.25) is 5.02 Å². The molecule has 0 aliphatic carbocycles. The first kappa shape index (κ1) is 17.4. The van der Waals surface area contributed by atoms with Gasteiger partial charge in [0.1, 0.15) is 11.5 Å². The number of furan rings is 1. The summed E-state index contributed by atoms with van der Waals surface area (Å²) < 4.78 is 5.77. The van der Waals surface area contributed by atoms with Gasteiger partial charge in [0.2, 0.25) is 0 Å². The van der Waals surface area contributed by atoms with Gasteiger partial charge in [0, 0.05) is 28.7 Å². The van der Waals surface area contributed by atoms with E-state index in [9.17, 15) is 14.9 Å². The van der Waals surface area contributed by atoms with Crippen molar-refractivity contribution in [1.29, 1.82) is 0 Å². The first-order chi connectivity index (χ1) is 13.0. The summed E-state index contributed by atoms with van der Waals surface area (Å²) in [5, 5.41) is 13.9. The molecule has 134 valence electrons. The van der Waals surface area contributed by atoms with Gasteiger partial charge in [-0.1, -0.05) is 35.5 Å². The minimum absolute atomic E-state index is 0.0911. The second kappa shape index (κ2) is 6.94. The Bertz CT molecular complexity index is 1110. The molecule has 1 aliphatic heterocycles. The number of fused-ring (bicyclic) bond motifs is 1. The number of nitrogens with zero attached hydrogens (tertiary/aromatic N) is 1. The maximum atomic E-state index is 12.3. The number of hydrogen-bond donors (Lipinski definition) is 1. The van der Waals surface area contributed by atoms with E-state index in [1.54, 1.807) is 18.2 Å². The lowest BCUT2D eigenvalue weighted by molar-refractivity contribution is -0.384. The first-order valence-electron chi connectivity index (χ1n) is 7.85. The molecule has 0 atom stereocenters. The lowest BCUT2D eigenvalue weighted by Gasteiger charge is -2.17. The molecule has 2 heterocycles. The molecule has 0 unspecified atom stereocenters. The highest BCUT2D eigenvalue weighted by molar-refractivity contribution is 8.04. The van der Waals surface area contributed by atoms with Crippen LogP contribution in [0.1, 0.15) is 5.76 Å². The number of nitro groups is 1. The summed E-state index contributed by atoms with van der Waals surface area (Å²) in [6, 6.07) is 15.1. The van der Waals surface area contributed by atoms with Gasteiger partial charge in [0.25, 0.3) is 11.6 Å². The summed E-state index contributed by atoms with van der Waals surface area (Å²) in [6.07, 6.45) is 1.65. The van der Waals surface area contributed by atoms with Crippen molar-refractivity contribution in [2.24, 2.45) is 0 Å². The van der Waals surface area contributed by atoms with E-state index < -0.39 is 4.92 Å². The number of amides is 1. The highest BCUT2D eigenvalue weighted by Crippen LogP contribution is 2.39. The number of benzene rings is 2. The second-order valence-corrected chi connectivity index (χ2v) is 7.18. The third-order valence-electron chi connectivity index (χ3n) is 3.91. The molecule has 1 N–H and O–H groups in total. The van der Waals surface area contributed by atoms with Crippen LogP contribution in [-0.4, -0.2) is 10.8 Å².